The summed E-state index contributed by atoms with van der Waals surface area (Å²) in [4.78, 5) is 0. The normalized spacial score (nSPS) is 11.5. The molecule has 0 bridgehead atoms. The van der Waals surface area contributed by atoms with Crippen molar-refractivity contribution in [1.82, 2.24) is 0 Å². The first kappa shape index (κ1) is 9.83. The molecule has 13 heavy (non-hydrogen) atoms. The molecule has 0 saturated carbocycles. The zero-order valence-corrected chi connectivity index (χ0v) is 7.83. The van der Waals surface area contributed by atoms with Gasteiger partial charge in [-0.1, -0.05) is 37.0 Å². The molecule has 1 atom stereocenters. The Morgan fingerprint density at radius 2 is 2.00 bits per heavy atom. The molecule has 1 nitrogen and oxygen atoms in total. The van der Waals surface area contributed by atoms with Gasteiger partial charge in [0.1, 0.15) is 0 Å². The molecule has 1 rings (SSSR count). The van der Waals surface area contributed by atoms with Crippen LogP contribution in [0.25, 0.3) is 0 Å². The molecule has 68 valence electrons. The Morgan fingerprint density at radius 1 is 1.31 bits per heavy atom. The van der Waals surface area contributed by atoms with Gasteiger partial charge in [0, 0.05) is 18.6 Å². The number of benzene rings is 1. The molecule has 0 aliphatic carbocycles. The topological polar surface area (TPSA) is 20.2 Å². The molecule has 1 aromatic rings. The average molecular weight is 174 g/mol. The predicted octanol–water partition coefficient (Wildman–Crippen LogP) is 2.06. The summed E-state index contributed by atoms with van der Waals surface area (Å²) >= 11 is 0. The van der Waals surface area contributed by atoms with Crippen molar-refractivity contribution in [3.8, 4) is 11.8 Å². The van der Waals surface area contributed by atoms with Gasteiger partial charge in [0.05, 0.1) is 0 Å². The van der Waals surface area contributed by atoms with Gasteiger partial charge in [0.2, 0.25) is 0 Å². The lowest BCUT2D eigenvalue weighted by Crippen LogP contribution is -1.97. The zero-order chi connectivity index (χ0) is 9.52. The molecule has 0 unspecified atom stereocenters. The van der Waals surface area contributed by atoms with E-state index in [9.17, 15) is 0 Å². The number of aliphatic hydroxyl groups is 1. The fourth-order valence-corrected chi connectivity index (χ4v) is 0.913. The average Bonchev–Trinajstić information content (AvgIpc) is 2.19. The highest BCUT2D eigenvalue weighted by Crippen LogP contribution is 1.99. The summed E-state index contributed by atoms with van der Waals surface area (Å²) in [6, 6.07) is 9.88. The van der Waals surface area contributed by atoms with Crippen molar-refractivity contribution in [2.24, 2.45) is 5.92 Å². The third-order valence-corrected chi connectivity index (χ3v) is 1.77. The van der Waals surface area contributed by atoms with E-state index < -0.39 is 0 Å². The molecular formula is C12H14O. The minimum atomic E-state index is 0.212. The van der Waals surface area contributed by atoms with Crippen molar-refractivity contribution >= 4 is 0 Å². The van der Waals surface area contributed by atoms with E-state index in [0.29, 0.717) is 0 Å². The fourth-order valence-electron chi connectivity index (χ4n) is 0.913. The van der Waals surface area contributed by atoms with E-state index in [1.807, 2.05) is 37.3 Å². The lowest BCUT2D eigenvalue weighted by Gasteiger charge is -1.98. The van der Waals surface area contributed by atoms with E-state index in [4.69, 9.17) is 5.11 Å². The Balaban J connectivity index is 2.49. The molecule has 0 aliphatic heterocycles. The smallest absolute Gasteiger partial charge is 0.0465 e. The van der Waals surface area contributed by atoms with Gasteiger partial charge >= 0.3 is 0 Å². The van der Waals surface area contributed by atoms with E-state index in [2.05, 4.69) is 11.8 Å². The largest absolute Gasteiger partial charge is 0.396 e. The van der Waals surface area contributed by atoms with Gasteiger partial charge in [-0.2, -0.15) is 0 Å². The summed E-state index contributed by atoms with van der Waals surface area (Å²) in [5, 5.41) is 8.76. The molecule has 0 radical (unpaired) electrons. The maximum absolute atomic E-state index is 8.76. The molecule has 1 N–H and O–H groups in total. The molecule has 0 heterocycles. The summed E-state index contributed by atoms with van der Waals surface area (Å²) in [6.07, 6.45) is 0.755. The van der Waals surface area contributed by atoms with E-state index >= 15 is 0 Å². The summed E-state index contributed by atoms with van der Waals surface area (Å²) in [6.45, 7) is 2.20. The van der Waals surface area contributed by atoms with E-state index in [0.717, 1.165) is 12.0 Å². The minimum Gasteiger partial charge on any atom is -0.396 e. The molecule has 0 aliphatic rings. The van der Waals surface area contributed by atoms with Crippen LogP contribution in [0.1, 0.15) is 18.9 Å². The summed E-state index contributed by atoms with van der Waals surface area (Å²) in [7, 11) is 0. The second-order valence-corrected chi connectivity index (χ2v) is 3.16. The van der Waals surface area contributed by atoms with Crippen molar-refractivity contribution in [3.63, 3.8) is 0 Å². The van der Waals surface area contributed by atoms with Crippen LogP contribution in [0.2, 0.25) is 0 Å². The third kappa shape index (κ3) is 3.78. The molecular weight excluding hydrogens is 160 g/mol. The molecule has 0 fully saturated rings. The standard InChI is InChI=1S/C12H14O/c1-11(10-13)6-5-9-12-7-3-2-4-8-12/h2-4,7-8,11,13H,6,10H2,1H3/t11-/m0/s1. The molecule has 0 saturated heterocycles. The highest BCUT2D eigenvalue weighted by Gasteiger charge is 1.94. The van der Waals surface area contributed by atoms with Crippen LogP contribution in [-0.2, 0) is 0 Å². The lowest BCUT2D eigenvalue weighted by atomic mass is 10.1. The van der Waals surface area contributed by atoms with Crippen molar-refractivity contribution in [1.29, 1.82) is 0 Å². The van der Waals surface area contributed by atoms with Gasteiger partial charge in [-0.25, -0.2) is 0 Å². The number of aliphatic hydroxyl groups excluding tert-OH is 1. The first-order valence-electron chi connectivity index (χ1n) is 4.47. The maximum atomic E-state index is 8.76. The molecule has 0 amide bonds. The molecule has 0 aromatic heterocycles. The van der Waals surface area contributed by atoms with Crippen molar-refractivity contribution in [2.75, 3.05) is 6.61 Å². The van der Waals surface area contributed by atoms with Gasteiger partial charge < -0.3 is 5.11 Å². The third-order valence-electron chi connectivity index (χ3n) is 1.77. The number of rotatable bonds is 2. The van der Waals surface area contributed by atoms with E-state index in [1.54, 1.807) is 0 Å². The number of hydrogen-bond acceptors (Lipinski definition) is 1. The predicted molar refractivity (Wildman–Crippen MR) is 54.2 cm³/mol. The Hall–Kier alpha value is -1.26. The van der Waals surface area contributed by atoms with Crippen molar-refractivity contribution < 1.29 is 5.11 Å². The maximum Gasteiger partial charge on any atom is 0.0465 e. The first-order valence-corrected chi connectivity index (χ1v) is 4.47. The van der Waals surface area contributed by atoms with Gasteiger partial charge in [-0.05, 0) is 18.1 Å². The lowest BCUT2D eigenvalue weighted by molar-refractivity contribution is 0.240. The monoisotopic (exact) mass is 174 g/mol. The highest BCUT2D eigenvalue weighted by atomic mass is 16.3. The van der Waals surface area contributed by atoms with Gasteiger partial charge in [-0.15, -0.1) is 0 Å². The van der Waals surface area contributed by atoms with Crippen molar-refractivity contribution in [2.45, 2.75) is 13.3 Å². The Bertz CT molecular complexity index is 292. The highest BCUT2D eigenvalue weighted by molar-refractivity contribution is 5.33. The van der Waals surface area contributed by atoms with Gasteiger partial charge in [0.15, 0.2) is 0 Å². The molecule has 1 heteroatoms. The number of hydrogen-bond donors (Lipinski definition) is 1. The van der Waals surface area contributed by atoms with E-state index in [-0.39, 0.29) is 12.5 Å². The van der Waals surface area contributed by atoms with Crippen LogP contribution in [0, 0.1) is 17.8 Å². The summed E-state index contributed by atoms with van der Waals surface area (Å²) < 4.78 is 0. The Morgan fingerprint density at radius 3 is 2.62 bits per heavy atom. The van der Waals surface area contributed by atoms with Crippen LogP contribution < -0.4 is 0 Å². The van der Waals surface area contributed by atoms with Gasteiger partial charge in [-0.3, -0.25) is 0 Å². The van der Waals surface area contributed by atoms with Crippen molar-refractivity contribution in [3.05, 3.63) is 35.9 Å². The second-order valence-electron chi connectivity index (χ2n) is 3.16. The SMILES string of the molecule is C[C@H](CO)CC#Cc1ccccc1. The van der Waals surface area contributed by atoms with E-state index in [1.165, 1.54) is 0 Å². The summed E-state index contributed by atoms with van der Waals surface area (Å²) in [5.74, 6) is 6.37. The van der Waals surface area contributed by atoms with Crippen LogP contribution in [0.15, 0.2) is 30.3 Å². The first-order chi connectivity index (χ1) is 6.33. The molecule has 0 spiro atoms. The summed E-state index contributed by atoms with van der Waals surface area (Å²) in [5.41, 5.74) is 1.03. The quantitative estimate of drug-likeness (QED) is 0.680. The van der Waals surface area contributed by atoms with Crippen LogP contribution >= 0.6 is 0 Å². The van der Waals surface area contributed by atoms with Crippen LogP contribution in [0.5, 0.6) is 0 Å². The van der Waals surface area contributed by atoms with Crippen LogP contribution in [0.4, 0.5) is 0 Å². The zero-order valence-electron chi connectivity index (χ0n) is 7.83. The van der Waals surface area contributed by atoms with Gasteiger partial charge in [0.25, 0.3) is 0 Å². The fraction of sp³-hybridized carbons (Fsp3) is 0.333. The van der Waals surface area contributed by atoms with Crippen LogP contribution in [0.3, 0.4) is 0 Å². The van der Waals surface area contributed by atoms with Crippen LogP contribution in [-0.4, -0.2) is 11.7 Å². The second kappa shape index (κ2) is 5.40. The Kier molecular flexibility index (Phi) is 4.08. The molecule has 1 aromatic carbocycles. The minimum absolute atomic E-state index is 0.212. The Labute approximate surface area is 79.4 Å².